The first-order valence-electron chi connectivity index (χ1n) is 5.76. The summed E-state index contributed by atoms with van der Waals surface area (Å²) in [6.07, 6.45) is 3.90. The van der Waals surface area contributed by atoms with E-state index < -0.39 is 0 Å². The standard InChI is InChI=1S/C14H17N/c1-9(2)12-5-4-10-11-6-7-14(11,3)8-13(10)15-12/h4-5,11H,1,6-8H2,2-3H3. The highest BCUT2D eigenvalue weighted by Gasteiger charge is 2.49. The van der Waals surface area contributed by atoms with Gasteiger partial charge in [-0.2, -0.15) is 0 Å². The molecule has 2 unspecified atom stereocenters. The fraction of sp³-hybridized carbons (Fsp3) is 0.500. The van der Waals surface area contributed by atoms with E-state index in [0.717, 1.165) is 17.2 Å². The number of fused-ring (bicyclic) bond motifs is 3. The van der Waals surface area contributed by atoms with Crippen LogP contribution in [0.5, 0.6) is 0 Å². The van der Waals surface area contributed by atoms with Crippen molar-refractivity contribution in [1.29, 1.82) is 0 Å². The SMILES string of the molecule is C=C(C)c1ccc2c(n1)CC1(C)CCC21. The first-order chi connectivity index (χ1) is 7.10. The number of allylic oxidation sites excluding steroid dienone is 1. The van der Waals surface area contributed by atoms with Gasteiger partial charge in [-0.1, -0.05) is 19.6 Å². The molecule has 2 atom stereocenters. The van der Waals surface area contributed by atoms with Gasteiger partial charge in [0, 0.05) is 5.69 Å². The molecule has 1 saturated carbocycles. The van der Waals surface area contributed by atoms with E-state index in [9.17, 15) is 0 Å². The van der Waals surface area contributed by atoms with Crippen molar-refractivity contribution in [2.75, 3.05) is 0 Å². The van der Waals surface area contributed by atoms with Crippen LogP contribution in [-0.2, 0) is 6.42 Å². The summed E-state index contributed by atoms with van der Waals surface area (Å²) in [4.78, 5) is 4.74. The molecule has 1 heteroatoms. The third kappa shape index (κ3) is 1.12. The summed E-state index contributed by atoms with van der Waals surface area (Å²) in [6.45, 7) is 8.39. The molecule has 1 aromatic rings. The van der Waals surface area contributed by atoms with Crippen LogP contribution < -0.4 is 0 Å². The minimum absolute atomic E-state index is 0.531. The van der Waals surface area contributed by atoms with Crippen molar-refractivity contribution in [3.63, 3.8) is 0 Å². The Kier molecular flexibility index (Phi) is 1.66. The molecule has 0 aromatic carbocycles. The summed E-state index contributed by atoms with van der Waals surface area (Å²) >= 11 is 0. The Hall–Kier alpha value is -1.11. The number of nitrogens with zero attached hydrogens (tertiary/aromatic N) is 1. The second kappa shape index (κ2) is 2.72. The molecular weight excluding hydrogens is 182 g/mol. The number of hydrogen-bond donors (Lipinski definition) is 0. The van der Waals surface area contributed by atoms with Gasteiger partial charge in [0.2, 0.25) is 0 Å². The van der Waals surface area contributed by atoms with E-state index in [1.54, 1.807) is 0 Å². The number of hydrogen-bond acceptors (Lipinski definition) is 1. The molecule has 1 nitrogen and oxygen atoms in total. The smallest absolute Gasteiger partial charge is 0.0656 e. The Balaban J connectivity index is 2.07. The topological polar surface area (TPSA) is 12.9 Å². The van der Waals surface area contributed by atoms with Crippen LogP contribution >= 0.6 is 0 Å². The van der Waals surface area contributed by atoms with Gasteiger partial charge in [0.15, 0.2) is 0 Å². The Labute approximate surface area is 91.2 Å². The second-order valence-corrected chi connectivity index (χ2v) is 5.43. The van der Waals surface area contributed by atoms with E-state index in [2.05, 4.69) is 25.6 Å². The van der Waals surface area contributed by atoms with Crippen molar-refractivity contribution in [2.45, 2.75) is 39.0 Å². The first-order valence-corrected chi connectivity index (χ1v) is 5.76. The van der Waals surface area contributed by atoms with E-state index in [1.807, 2.05) is 6.92 Å². The Morgan fingerprint density at radius 2 is 2.33 bits per heavy atom. The molecule has 0 amide bonds. The van der Waals surface area contributed by atoms with E-state index in [1.165, 1.54) is 30.5 Å². The van der Waals surface area contributed by atoms with Gasteiger partial charge in [0.05, 0.1) is 5.69 Å². The van der Waals surface area contributed by atoms with Crippen molar-refractivity contribution in [2.24, 2.45) is 5.41 Å². The molecule has 78 valence electrons. The Bertz CT molecular complexity index is 447. The number of rotatable bonds is 1. The van der Waals surface area contributed by atoms with Crippen molar-refractivity contribution in [3.05, 3.63) is 35.7 Å². The monoisotopic (exact) mass is 199 g/mol. The Morgan fingerprint density at radius 3 is 2.93 bits per heavy atom. The summed E-state index contributed by atoms with van der Waals surface area (Å²) in [5.74, 6) is 0.791. The van der Waals surface area contributed by atoms with Crippen molar-refractivity contribution >= 4 is 5.57 Å². The minimum Gasteiger partial charge on any atom is -0.253 e. The van der Waals surface area contributed by atoms with Gasteiger partial charge in [0.1, 0.15) is 0 Å². The molecule has 0 aliphatic heterocycles. The van der Waals surface area contributed by atoms with Gasteiger partial charge >= 0.3 is 0 Å². The predicted molar refractivity (Wildman–Crippen MR) is 62.7 cm³/mol. The molecule has 1 aromatic heterocycles. The maximum Gasteiger partial charge on any atom is 0.0656 e. The van der Waals surface area contributed by atoms with Crippen LogP contribution in [0.2, 0.25) is 0 Å². The molecule has 1 fully saturated rings. The highest BCUT2D eigenvalue weighted by molar-refractivity contribution is 5.58. The summed E-state index contributed by atoms with van der Waals surface area (Å²) in [6, 6.07) is 4.41. The van der Waals surface area contributed by atoms with Crippen LogP contribution in [0.1, 0.15) is 49.6 Å². The second-order valence-electron chi connectivity index (χ2n) is 5.43. The van der Waals surface area contributed by atoms with E-state index >= 15 is 0 Å². The third-order valence-electron chi connectivity index (χ3n) is 4.24. The van der Waals surface area contributed by atoms with Gasteiger partial charge in [-0.3, -0.25) is 4.98 Å². The van der Waals surface area contributed by atoms with Crippen molar-refractivity contribution in [1.82, 2.24) is 4.98 Å². The van der Waals surface area contributed by atoms with Gasteiger partial charge in [-0.05, 0) is 54.7 Å². The van der Waals surface area contributed by atoms with Crippen LogP contribution in [0.3, 0.4) is 0 Å². The maximum atomic E-state index is 4.74. The molecular formula is C14H17N. The highest BCUT2D eigenvalue weighted by atomic mass is 14.8. The minimum atomic E-state index is 0.531. The molecule has 0 radical (unpaired) electrons. The average molecular weight is 199 g/mol. The molecule has 2 aliphatic carbocycles. The van der Waals surface area contributed by atoms with Crippen molar-refractivity contribution in [3.8, 4) is 0 Å². The van der Waals surface area contributed by atoms with Gasteiger partial charge in [0.25, 0.3) is 0 Å². The zero-order valence-corrected chi connectivity index (χ0v) is 9.51. The van der Waals surface area contributed by atoms with E-state index in [-0.39, 0.29) is 0 Å². The third-order valence-corrected chi connectivity index (χ3v) is 4.24. The molecule has 1 heterocycles. The van der Waals surface area contributed by atoms with Gasteiger partial charge in [-0.15, -0.1) is 0 Å². The van der Waals surface area contributed by atoms with E-state index in [0.29, 0.717) is 5.41 Å². The molecule has 3 rings (SSSR count). The summed E-state index contributed by atoms with van der Waals surface area (Å²) < 4.78 is 0. The van der Waals surface area contributed by atoms with Crippen molar-refractivity contribution < 1.29 is 0 Å². The molecule has 15 heavy (non-hydrogen) atoms. The highest BCUT2D eigenvalue weighted by Crippen LogP contribution is 2.59. The lowest BCUT2D eigenvalue weighted by Crippen LogP contribution is -2.31. The zero-order chi connectivity index (χ0) is 10.6. The predicted octanol–water partition coefficient (Wildman–Crippen LogP) is 3.55. The maximum absolute atomic E-state index is 4.74. The normalized spacial score (nSPS) is 31.7. The first kappa shape index (κ1) is 9.14. The fourth-order valence-corrected chi connectivity index (χ4v) is 3.12. The molecule has 0 saturated heterocycles. The lowest BCUT2D eigenvalue weighted by atomic mass is 9.62. The van der Waals surface area contributed by atoms with E-state index in [4.69, 9.17) is 4.98 Å². The van der Waals surface area contributed by atoms with Crippen LogP contribution in [0.15, 0.2) is 18.7 Å². The molecule has 0 N–H and O–H groups in total. The van der Waals surface area contributed by atoms with Crippen LogP contribution in [0.25, 0.3) is 5.57 Å². The lowest BCUT2D eigenvalue weighted by Gasteiger charge is -2.42. The lowest BCUT2D eigenvalue weighted by molar-refractivity contribution is 0.136. The van der Waals surface area contributed by atoms with Gasteiger partial charge in [-0.25, -0.2) is 0 Å². The molecule has 0 bridgehead atoms. The molecule has 0 spiro atoms. The summed E-state index contributed by atoms with van der Waals surface area (Å²) in [7, 11) is 0. The average Bonchev–Trinajstić information content (AvgIpc) is 2.36. The fourth-order valence-electron chi connectivity index (χ4n) is 3.12. The Morgan fingerprint density at radius 1 is 1.53 bits per heavy atom. The zero-order valence-electron chi connectivity index (χ0n) is 9.51. The summed E-state index contributed by atoms with van der Waals surface area (Å²) in [5.41, 5.74) is 5.51. The number of pyridine rings is 1. The van der Waals surface area contributed by atoms with Crippen LogP contribution in [0.4, 0.5) is 0 Å². The summed E-state index contributed by atoms with van der Waals surface area (Å²) in [5, 5.41) is 0. The van der Waals surface area contributed by atoms with Gasteiger partial charge < -0.3 is 0 Å². The largest absolute Gasteiger partial charge is 0.253 e. The van der Waals surface area contributed by atoms with Crippen LogP contribution in [0, 0.1) is 5.41 Å². The van der Waals surface area contributed by atoms with Crippen LogP contribution in [-0.4, -0.2) is 4.98 Å². The quantitative estimate of drug-likeness (QED) is 0.674. The molecule has 2 aliphatic rings. The number of aromatic nitrogens is 1.